The number of nitrogens with two attached hydrogens (primary N) is 1. The summed E-state index contributed by atoms with van der Waals surface area (Å²) in [6.07, 6.45) is -2.20. The van der Waals surface area contributed by atoms with Crippen molar-refractivity contribution in [2.75, 3.05) is 45.9 Å². The number of alkyl halides is 3. The van der Waals surface area contributed by atoms with Gasteiger partial charge in [0.05, 0.1) is 5.54 Å². The largest absolute Gasteiger partial charge is 0.411 e. The van der Waals surface area contributed by atoms with Crippen molar-refractivity contribution in [3.63, 3.8) is 0 Å². The number of nitrogens with zero attached hydrogens (tertiary/aromatic N) is 2. The number of ether oxygens (including phenoxy) is 1. The Labute approximate surface area is 148 Å². The standard InChI is InChI=1S/C15H28F3N3O2.ClH/c1-3-5-14(2,19)13(22)21-9-7-20(8-10-21)6-4-11-23-12-15(16,17)18;/h3-12,19H2,1-2H3;1H. The molecule has 0 radical (unpaired) electrons. The van der Waals surface area contributed by atoms with Crippen LogP contribution in [-0.4, -0.2) is 73.4 Å². The Hall–Kier alpha value is -0.570. The molecule has 0 aliphatic carbocycles. The molecule has 0 aromatic heterocycles. The van der Waals surface area contributed by atoms with E-state index in [1.54, 1.807) is 11.8 Å². The van der Waals surface area contributed by atoms with E-state index >= 15 is 0 Å². The number of hydrogen-bond donors (Lipinski definition) is 1. The molecule has 0 bridgehead atoms. The van der Waals surface area contributed by atoms with Crippen LogP contribution in [-0.2, 0) is 9.53 Å². The minimum absolute atomic E-state index is 0. The molecule has 1 aliphatic rings. The van der Waals surface area contributed by atoms with Gasteiger partial charge < -0.3 is 15.4 Å². The first-order valence-electron chi connectivity index (χ1n) is 8.11. The minimum Gasteiger partial charge on any atom is -0.372 e. The van der Waals surface area contributed by atoms with Crippen molar-refractivity contribution in [1.29, 1.82) is 0 Å². The molecular weight excluding hydrogens is 347 g/mol. The van der Waals surface area contributed by atoms with E-state index in [0.29, 0.717) is 45.6 Å². The summed E-state index contributed by atoms with van der Waals surface area (Å²) in [5, 5.41) is 0. The third kappa shape index (κ3) is 8.50. The molecule has 1 atom stereocenters. The number of carbonyl (C=O) groups excluding carboxylic acids is 1. The Kier molecular flexibility index (Phi) is 10.2. The number of hydrogen-bond acceptors (Lipinski definition) is 4. The van der Waals surface area contributed by atoms with Gasteiger partial charge in [0.2, 0.25) is 5.91 Å². The molecule has 0 aromatic carbocycles. The molecule has 1 saturated heterocycles. The van der Waals surface area contributed by atoms with Gasteiger partial charge in [0.15, 0.2) is 0 Å². The van der Waals surface area contributed by atoms with E-state index in [1.807, 2.05) is 6.92 Å². The van der Waals surface area contributed by atoms with Crippen LogP contribution in [0.1, 0.15) is 33.1 Å². The zero-order valence-electron chi connectivity index (χ0n) is 14.4. The molecule has 144 valence electrons. The average Bonchev–Trinajstić information content (AvgIpc) is 2.45. The molecular formula is C15H29ClF3N3O2. The molecule has 0 spiro atoms. The predicted octanol–water partition coefficient (Wildman–Crippen LogP) is 2.04. The fourth-order valence-electron chi connectivity index (χ4n) is 2.74. The molecule has 1 fully saturated rings. The van der Waals surface area contributed by atoms with Gasteiger partial charge in [-0.1, -0.05) is 13.3 Å². The SMILES string of the molecule is CCCC(C)(N)C(=O)N1CCN(CCCOCC(F)(F)F)CC1.Cl. The molecule has 2 N–H and O–H groups in total. The molecule has 1 rings (SSSR count). The third-order valence-electron chi connectivity index (χ3n) is 3.95. The monoisotopic (exact) mass is 375 g/mol. The van der Waals surface area contributed by atoms with E-state index in [1.165, 1.54) is 0 Å². The molecule has 24 heavy (non-hydrogen) atoms. The smallest absolute Gasteiger partial charge is 0.372 e. The minimum atomic E-state index is -4.26. The second-order valence-electron chi connectivity index (χ2n) is 6.32. The second kappa shape index (κ2) is 10.4. The Morgan fingerprint density at radius 1 is 1.21 bits per heavy atom. The third-order valence-corrected chi connectivity index (χ3v) is 3.95. The van der Waals surface area contributed by atoms with Gasteiger partial charge in [-0.25, -0.2) is 0 Å². The van der Waals surface area contributed by atoms with Crippen molar-refractivity contribution < 1.29 is 22.7 Å². The van der Waals surface area contributed by atoms with Gasteiger partial charge in [0, 0.05) is 39.3 Å². The van der Waals surface area contributed by atoms with Gasteiger partial charge in [0.25, 0.3) is 0 Å². The Morgan fingerprint density at radius 2 is 1.79 bits per heavy atom. The molecule has 0 aromatic rings. The summed E-state index contributed by atoms with van der Waals surface area (Å²) < 4.78 is 40.4. The average molecular weight is 376 g/mol. The lowest BCUT2D eigenvalue weighted by molar-refractivity contribution is -0.174. The van der Waals surface area contributed by atoms with Crippen molar-refractivity contribution >= 4 is 18.3 Å². The van der Waals surface area contributed by atoms with Crippen molar-refractivity contribution in [3.05, 3.63) is 0 Å². The van der Waals surface area contributed by atoms with E-state index in [0.717, 1.165) is 6.42 Å². The van der Waals surface area contributed by atoms with E-state index in [9.17, 15) is 18.0 Å². The van der Waals surface area contributed by atoms with Crippen LogP contribution in [0.5, 0.6) is 0 Å². The lowest BCUT2D eigenvalue weighted by atomic mass is 9.95. The van der Waals surface area contributed by atoms with Crippen molar-refractivity contribution in [2.45, 2.75) is 44.8 Å². The molecule has 1 aliphatic heterocycles. The zero-order valence-corrected chi connectivity index (χ0v) is 15.2. The highest BCUT2D eigenvalue weighted by atomic mass is 35.5. The van der Waals surface area contributed by atoms with Gasteiger partial charge in [0.1, 0.15) is 6.61 Å². The summed E-state index contributed by atoms with van der Waals surface area (Å²) in [7, 11) is 0. The van der Waals surface area contributed by atoms with Crippen molar-refractivity contribution in [2.24, 2.45) is 5.73 Å². The quantitative estimate of drug-likeness (QED) is 0.659. The topological polar surface area (TPSA) is 58.8 Å². The predicted molar refractivity (Wildman–Crippen MR) is 89.3 cm³/mol. The van der Waals surface area contributed by atoms with Crippen LogP contribution >= 0.6 is 12.4 Å². The summed E-state index contributed by atoms with van der Waals surface area (Å²) in [6.45, 7) is 5.99. The summed E-state index contributed by atoms with van der Waals surface area (Å²) in [4.78, 5) is 16.3. The van der Waals surface area contributed by atoms with Crippen LogP contribution in [0.25, 0.3) is 0 Å². The van der Waals surface area contributed by atoms with E-state index in [2.05, 4.69) is 9.64 Å². The van der Waals surface area contributed by atoms with Crippen molar-refractivity contribution in [1.82, 2.24) is 9.80 Å². The molecule has 0 saturated carbocycles. The highest BCUT2D eigenvalue weighted by Gasteiger charge is 2.33. The lowest BCUT2D eigenvalue weighted by Gasteiger charge is -2.38. The van der Waals surface area contributed by atoms with E-state index < -0.39 is 18.3 Å². The molecule has 1 heterocycles. The lowest BCUT2D eigenvalue weighted by Crippen LogP contribution is -2.58. The maximum absolute atomic E-state index is 12.4. The second-order valence-corrected chi connectivity index (χ2v) is 6.32. The maximum Gasteiger partial charge on any atom is 0.411 e. The van der Waals surface area contributed by atoms with E-state index in [-0.39, 0.29) is 24.9 Å². The number of halogens is 4. The van der Waals surface area contributed by atoms with Crippen LogP contribution in [0.15, 0.2) is 0 Å². The van der Waals surface area contributed by atoms with Gasteiger partial charge in [-0.05, 0) is 19.8 Å². The summed E-state index contributed by atoms with van der Waals surface area (Å²) in [5.41, 5.74) is 5.25. The van der Waals surface area contributed by atoms with Crippen molar-refractivity contribution in [3.8, 4) is 0 Å². The fraction of sp³-hybridized carbons (Fsp3) is 0.933. The van der Waals surface area contributed by atoms with Crippen LogP contribution in [0.2, 0.25) is 0 Å². The number of carbonyl (C=O) groups is 1. The Bertz CT molecular complexity index is 373. The number of rotatable bonds is 8. The normalized spacial score (nSPS) is 18.8. The van der Waals surface area contributed by atoms with Gasteiger partial charge in [-0.15, -0.1) is 12.4 Å². The first-order valence-corrected chi connectivity index (χ1v) is 8.11. The van der Waals surface area contributed by atoms with E-state index in [4.69, 9.17) is 5.73 Å². The number of amides is 1. The molecule has 9 heteroatoms. The first kappa shape index (κ1) is 23.4. The van der Waals surface area contributed by atoms with Gasteiger partial charge in [-0.3, -0.25) is 9.69 Å². The summed E-state index contributed by atoms with van der Waals surface area (Å²) >= 11 is 0. The van der Waals surface area contributed by atoms with Crippen LogP contribution in [0.3, 0.4) is 0 Å². The zero-order chi connectivity index (χ0) is 17.5. The summed E-state index contributed by atoms with van der Waals surface area (Å²) in [6, 6.07) is 0. The Morgan fingerprint density at radius 3 is 2.29 bits per heavy atom. The van der Waals surface area contributed by atoms with Crippen LogP contribution in [0.4, 0.5) is 13.2 Å². The highest BCUT2D eigenvalue weighted by molar-refractivity contribution is 5.86. The molecule has 1 unspecified atom stereocenters. The fourth-order valence-corrected chi connectivity index (χ4v) is 2.74. The van der Waals surface area contributed by atoms with Crippen LogP contribution in [0, 0.1) is 0 Å². The highest BCUT2D eigenvalue weighted by Crippen LogP contribution is 2.16. The molecule has 5 nitrogen and oxygen atoms in total. The number of piperazine rings is 1. The molecule has 1 amide bonds. The first-order chi connectivity index (χ1) is 10.7. The summed E-state index contributed by atoms with van der Waals surface area (Å²) in [5.74, 6) is -0.0208. The van der Waals surface area contributed by atoms with Gasteiger partial charge in [-0.2, -0.15) is 13.2 Å². The van der Waals surface area contributed by atoms with Gasteiger partial charge >= 0.3 is 6.18 Å². The Balaban J connectivity index is 0.00000529. The maximum atomic E-state index is 12.4. The van der Waals surface area contributed by atoms with Crippen LogP contribution < -0.4 is 5.73 Å².